The maximum atomic E-state index is 9.87. The third-order valence-electron chi connectivity index (χ3n) is 10.3. The van der Waals surface area contributed by atoms with Gasteiger partial charge in [-0.05, 0) is 88.7 Å². The summed E-state index contributed by atoms with van der Waals surface area (Å²) >= 11 is 0. The Morgan fingerprint density at radius 3 is 1.75 bits per heavy atom. The van der Waals surface area contributed by atoms with Crippen LogP contribution in [0.5, 0.6) is 0 Å². The van der Waals surface area contributed by atoms with Crippen molar-refractivity contribution in [3.05, 3.63) is 206 Å². The molecule has 0 amide bonds. The fourth-order valence-corrected chi connectivity index (χ4v) is 7.87. The summed E-state index contributed by atoms with van der Waals surface area (Å²) in [5.41, 5.74) is 4.55. The van der Waals surface area contributed by atoms with E-state index < -0.39 is 24.2 Å². The molecule has 0 aliphatic heterocycles. The van der Waals surface area contributed by atoms with Crippen LogP contribution in [0, 0.1) is 0 Å². The van der Waals surface area contributed by atoms with Crippen LogP contribution < -0.4 is 4.90 Å². The van der Waals surface area contributed by atoms with Crippen LogP contribution >= 0.6 is 0 Å². The first kappa shape index (κ1) is 24.1. The van der Waals surface area contributed by atoms with Crippen LogP contribution in [-0.4, -0.2) is 4.57 Å². The van der Waals surface area contributed by atoms with Crippen LogP contribution in [0.2, 0.25) is 0 Å². The summed E-state index contributed by atoms with van der Waals surface area (Å²) in [6.45, 7) is 0. The van der Waals surface area contributed by atoms with E-state index in [9.17, 15) is 11.0 Å². The molecule has 0 atom stereocenters. The minimum Gasteiger partial charge on any atom is -0.455 e. The molecule has 3 nitrogen and oxygen atoms in total. The van der Waals surface area contributed by atoms with Crippen molar-refractivity contribution in [1.82, 2.24) is 4.57 Å². The molecule has 0 unspecified atom stereocenters. The van der Waals surface area contributed by atoms with E-state index in [2.05, 4.69) is 0 Å². The number of rotatable bonds is 6. The lowest BCUT2D eigenvalue weighted by Crippen LogP contribution is -2.11. The fourth-order valence-electron chi connectivity index (χ4n) is 7.87. The summed E-state index contributed by atoms with van der Waals surface area (Å²) < 4.78 is 85.6. The third-order valence-corrected chi connectivity index (χ3v) is 10.3. The molecular formula is C52H34N2O. The highest BCUT2D eigenvalue weighted by Crippen LogP contribution is 2.47. The molecule has 3 heteroatoms. The van der Waals surface area contributed by atoms with Gasteiger partial charge in [0.1, 0.15) is 11.2 Å². The summed E-state index contributed by atoms with van der Waals surface area (Å²) in [6.07, 6.45) is 0. The van der Waals surface area contributed by atoms with Crippen LogP contribution in [0.25, 0.3) is 82.5 Å². The zero-order chi connectivity index (χ0) is 43.3. The van der Waals surface area contributed by atoms with Crippen LogP contribution in [-0.2, 0) is 0 Å². The third kappa shape index (κ3) is 5.05. The predicted molar refractivity (Wildman–Crippen MR) is 231 cm³/mol. The smallest absolute Gasteiger partial charge is 0.143 e. The predicted octanol–water partition coefficient (Wildman–Crippen LogP) is 14.6. The first-order valence-electron chi connectivity index (χ1n) is 22.1. The molecule has 9 aromatic carbocycles. The Labute approximate surface area is 329 Å². The Kier molecular flexibility index (Phi) is 5.53. The number of para-hydroxylation sites is 4. The fraction of sp³-hybridized carbons (Fsp3) is 0. The maximum Gasteiger partial charge on any atom is 0.143 e. The van der Waals surface area contributed by atoms with E-state index in [1.807, 2.05) is 121 Å². The van der Waals surface area contributed by atoms with Gasteiger partial charge in [0.25, 0.3) is 0 Å². The molecule has 0 spiro atoms. The van der Waals surface area contributed by atoms with E-state index in [1.54, 1.807) is 41.0 Å². The number of fused-ring (bicyclic) bond motifs is 8. The molecule has 0 N–H and O–H groups in total. The number of nitrogens with zero attached hydrogens (tertiary/aromatic N) is 2. The number of anilines is 3. The number of benzene rings is 9. The van der Waals surface area contributed by atoms with Gasteiger partial charge in [-0.3, -0.25) is 0 Å². The quantitative estimate of drug-likeness (QED) is 0.171. The first-order valence-corrected chi connectivity index (χ1v) is 18.1. The molecule has 0 aliphatic rings. The Morgan fingerprint density at radius 2 is 1.02 bits per heavy atom. The summed E-state index contributed by atoms with van der Waals surface area (Å²) in [5.74, 6) is 0. The monoisotopic (exact) mass is 710 g/mol. The van der Waals surface area contributed by atoms with Gasteiger partial charge in [0.2, 0.25) is 0 Å². The summed E-state index contributed by atoms with van der Waals surface area (Å²) in [6, 6.07) is 46.1. The Bertz CT molecular complexity index is 3580. The number of hydrogen-bond donors (Lipinski definition) is 0. The lowest BCUT2D eigenvalue weighted by atomic mass is 9.93. The number of aromatic nitrogens is 1. The van der Waals surface area contributed by atoms with Gasteiger partial charge in [-0.25, -0.2) is 0 Å². The highest BCUT2D eigenvalue weighted by atomic mass is 16.3. The molecule has 0 radical (unpaired) electrons. The van der Waals surface area contributed by atoms with Gasteiger partial charge >= 0.3 is 0 Å². The molecule has 11 aromatic rings. The van der Waals surface area contributed by atoms with E-state index in [0.717, 1.165) is 37.9 Å². The van der Waals surface area contributed by atoms with Crippen molar-refractivity contribution in [2.24, 2.45) is 0 Å². The molecule has 0 bridgehead atoms. The zero-order valence-electron chi connectivity index (χ0n) is 37.3. The normalized spacial score (nSPS) is 13.7. The zero-order valence-corrected chi connectivity index (χ0v) is 29.3. The van der Waals surface area contributed by atoms with Crippen LogP contribution in [0.4, 0.5) is 17.1 Å². The average molecular weight is 711 g/mol. The molecule has 258 valence electrons. The van der Waals surface area contributed by atoms with Gasteiger partial charge in [-0.15, -0.1) is 0 Å². The van der Waals surface area contributed by atoms with Crippen LogP contribution in [0.15, 0.2) is 210 Å². The van der Waals surface area contributed by atoms with Gasteiger partial charge in [0.05, 0.1) is 27.7 Å². The molecule has 0 saturated carbocycles. The van der Waals surface area contributed by atoms with E-state index in [0.29, 0.717) is 39.0 Å². The lowest BCUT2D eigenvalue weighted by molar-refractivity contribution is 0.673. The number of hydrogen-bond acceptors (Lipinski definition) is 2. The minimum atomic E-state index is -0.427. The van der Waals surface area contributed by atoms with Crippen LogP contribution in [0.3, 0.4) is 0 Å². The van der Waals surface area contributed by atoms with E-state index in [-0.39, 0.29) is 46.8 Å². The highest BCUT2D eigenvalue weighted by Gasteiger charge is 2.22. The van der Waals surface area contributed by atoms with Crippen molar-refractivity contribution >= 4 is 71.6 Å². The van der Waals surface area contributed by atoms with Gasteiger partial charge in [-0.1, -0.05) is 139 Å². The topological polar surface area (TPSA) is 21.3 Å². The largest absolute Gasteiger partial charge is 0.455 e. The van der Waals surface area contributed by atoms with Gasteiger partial charge < -0.3 is 13.9 Å². The van der Waals surface area contributed by atoms with E-state index >= 15 is 0 Å². The average Bonchev–Trinajstić information content (AvgIpc) is 3.87. The second-order valence-electron chi connectivity index (χ2n) is 13.5. The molecule has 11 rings (SSSR count). The maximum absolute atomic E-state index is 9.87. The van der Waals surface area contributed by atoms with Gasteiger partial charge in [0.15, 0.2) is 0 Å². The van der Waals surface area contributed by atoms with Gasteiger partial charge in [0, 0.05) is 49.6 Å². The lowest BCUT2D eigenvalue weighted by Gasteiger charge is -2.28. The van der Waals surface area contributed by atoms with Crippen molar-refractivity contribution in [3.8, 4) is 27.9 Å². The van der Waals surface area contributed by atoms with E-state index in [1.165, 1.54) is 4.90 Å². The summed E-state index contributed by atoms with van der Waals surface area (Å²) in [7, 11) is 0. The Hall–Kier alpha value is -7.36. The molecule has 0 fully saturated rings. The second-order valence-corrected chi connectivity index (χ2v) is 13.5. The first-order chi connectivity index (χ1) is 30.7. The number of furan rings is 1. The molecular weight excluding hydrogens is 669 g/mol. The highest BCUT2D eigenvalue weighted by molar-refractivity contribution is 6.22. The Morgan fingerprint density at radius 1 is 0.455 bits per heavy atom. The van der Waals surface area contributed by atoms with Crippen molar-refractivity contribution in [2.45, 2.75) is 0 Å². The second kappa shape index (κ2) is 12.6. The molecule has 0 saturated heterocycles. The standard InChI is InChI=1S/C52H34N2O/c1-2-14-35(15-3-1)36-26-28-38(29-27-36)53(39-30-32-40(33-31-39)54-48-23-11-6-18-42(48)43-19-7-12-24-49(43)54)47-22-10-8-20-44(47)46-34-37-16-4-5-17-41(37)52-51(46)45-21-9-13-25-50(45)55-52/h1-34H/i26D,27D,28D,29D,30D,31D,32D,33D. The molecule has 55 heavy (non-hydrogen) atoms. The SMILES string of the molecule is [2H]c1c([2H])c(N(c2ccccc2-c2cc3ccccc3c3oc4ccccc4c23)c2c([2H])c([2H])c(-n3c4ccccc4c4ccccc43)c([2H])c2[2H])c([2H])c([2H])c1-c1ccccc1. The van der Waals surface area contributed by atoms with E-state index in [4.69, 9.17) is 4.42 Å². The molecule has 2 aromatic heterocycles. The molecule has 0 aliphatic carbocycles. The van der Waals surface area contributed by atoms with Crippen molar-refractivity contribution in [3.63, 3.8) is 0 Å². The van der Waals surface area contributed by atoms with Crippen molar-refractivity contribution < 1.29 is 15.4 Å². The Balaban J connectivity index is 1.26. The van der Waals surface area contributed by atoms with Gasteiger partial charge in [-0.2, -0.15) is 0 Å². The summed E-state index contributed by atoms with van der Waals surface area (Å²) in [4.78, 5) is 1.39. The van der Waals surface area contributed by atoms with Crippen molar-refractivity contribution in [1.29, 1.82) is 0 Å². The molecule has 2 heterocycles. The van der Waals surface area contributed by atoms with Crippen LogP contribution in [0.1, 0.15) is 11.0 Å². The summed E-state index contributed by atoms with van der Waals surface area (Å²) in [5, 5.41) is 5.22. The van der Waals surface area contributed by atoms with Crippen molar-refractivity contribution in [2.75, 3.05) is 4.90 Å². The minimum absolute atomic E-state index is 0.0412.